The van der Waals surface area contributed by atoms with Crippen LogP contribution in [0.1, 0.15) is 61.4 Å². The fraction of sp³-hybridized carbons (Fsp3) is 0.500. The summed E-state index contributed by atoms with van der Waals surface area (Å²) in [5.41, 5.74) is 3.91. The van der Waals surface area contributed by atoms with E-state index in [4.69, 9.17) is 4.98 Å². The van der Waals surface area contributed by atoms with E-state index >= 15 is 0 Å². The average molecular weight is 300 g/mol. The largest absolute Gasteiger partial charge is 0.299 e. The first-order valence-corrected chi connectivity index (χ1v) is 8.70. The normalized spacial score (nSPS) is 25.1. The first kappa shape index (κ1) is 14.7. The lowest BCUT2D eigenvalue weighted by Crippen LogP contribution is -2.49. The second-order valence-electron chi connectivity index (χ2n) is 6.53. The number of aromatic nitrogens is 1. The molecule has 1 heterocycles. The third-order valence-electron chi connectivity index (χ3n) is 4.42. The van der Waals surface area contributed by atoms with Crippen LogP contribution in [0.25, 0.3) is 0 Å². The van der Waals surface area contributed by atoms with Crippen LogP contribution in [-0.2, 0) is 5.54 Å². The zero-order valence-electron chi connectivity index (χ0n) is 13.3. The summed E-state index contributed by atoms with van der Waals surface area (Å²) in [6.45, 7) is 8.87. The molecule has 1 aromatic carbocycles. The molecule has 2 unspecified atom stereocenters. The third kappa shape index (κ3) is 2.53. The number of benzene rings is 1. The lowest BCUT2D eigenvalue weighted by Gasteiger charge is -2.42. The number of hydrogen-bond donors (Lipinski definition) is 1. The van der Waals surface area contributed by atoms with E-state index in [0.29, 0.717) is 12.0 Å². The molecule has 21 heavy (non-hydrogen) atoms. The SMILES string of the molecule is Cc1csc(C2(NC(C)C)CCC(C)c3ccccc32)n1. The number of nitrogens with zero attached hydrogens (tertiary/aromatic N) is 1. The minimum atomic E-state index is -0.115. The molecule has 0 bridgehead atoms. The van der Waals surface area contributed by atoms with Crippen molar-refractivity contribution in [3.63, 3.8) is 0 Å². The van der Waals surface area contributed by atoms with Crippen LogP contribution in [0, 0.1) is 6.92 Å². The van der Waals surface area contributed by atoms with Gasteiger partial charge in [0.25, 0.3) is 0 Å². The van der Waals surface area contributed by atoms with E-state index in [1.165, 1.54) is 22.6 Å². The molecule has 3 rings (SSSR count). The van der Waals surface area contributed by atoms with Crippen LogP contribution in [0.5, 0.6) is 0 Å². The lowest BCUT2D eigenvalue weighted by atomic mass is 9.72. The van der Waals surface area contributed by atoms with Crippen molar-refractivity contribution >= 4 is 11.3 Å². The van der Waals surface area contributed by atoms with Gasteiger partial charge in [-0.25, -0.2) is 4.98 Å². The summed E-state index contributed by atoms with van der Waals surface area (Å²) in [6, 6.07) is 9.32. The highest BCUT2D eigenvalue weighted by molar-refractivity contribution is 7.09. The van der Waals surface area contributed by atoms with E-state index in [1.54, 1.807) is 11.3 Å². The fourth-order valence-corrected chi connectivity index (χ4v) is 4.52. The average Bonchev–Trinajstić information content (AvgIpc) is 2.89. The molecule has 2 atom stereocenters. The Bertz CT molecular complexity index is 632. The third-order valence-corrected chi connectivity index (χ3v) is 5.54. The summed E-state index contributed by atoms with van der Waals surface area (Å²) >= 11 is 1.79. The monoisotopic (exact) mass is 300 g/mol. The summed E-state index contributed by atoms with van der Waals surface area (Å²) in [4.78, 5) is 4.84. The van der Waals surface area contributed by atoms with Crippen LogP contribution in [-0.4, -0.2) is 11.0 Å². The van der Waals surface area contributed by atoms with Crippen molar-refractivity contribution < 1.29 is 0 Å². The molecule has 2 aromatic rings. The summed E-state index contributed by atoms with van der Waals surface area (Å²) in [5.74, 6) is 0.629. The van der Waals surface area contributed by atoms with E-state index in [2.05, 4.69) is 62.7 Å². The number of rotatable bonds is 3. The van der Waals surface area contributed by atoms with Crippen LogP contribution >= 0.6 is 11.3 Å². The van der Waals surface area contributed by atoms with Gasteiger partial charge in [-0.3, -0.25) is 5.32 Å². The van der Waals surface area contributed by atoms with Crippen LogP contribution in [0.4, 0.5) is 0 Å². The molecule has 1 aliphatic rings. The summed E-state index contributed by atoms with van der Waals surface area (Å²) < 4.78 is 0. The van der Waals surface area contributed by atoms with Crippen molar-refractivity contribution in [3.8, 4) is 0 Å². The Balaban J connectivity index is 2.19. The molecule has 3 heteroatoms. The molecular formula is C18H24N2S. The van der Waals surface area contributed by atoms with Gasteiger partial charge in [0.1, 0.15) is 5.01 Å². The standard InChI is InChI=1S/C18H24N2S/c1-12(2)20-18(17-19-14(4)11-21-17)10-9-13(3)15-7-5-6-8-16(15)18/h5-8,11-13,20H,9-10H2,1-4H3. The van der Waals surface area contributed by atoms with Gasteiger partial charge in [0, 0.05) is 17.1 Å². The first-order chi connectivity index (χ1) is 10.0. The zero-order valence-corrected chi connectivity index (χ0v) is 14.1. The lowest BCUT2D eigenvalue weighted by molar-refractivity contribution is 0.302. The van der Waals surface area contributed by atoms with Gasteiger partial charge in [-0.1, -0.05) is 31.2 Å². The number of aryl methyl sites for hydroxylation is 1. The molecule has 1 N–H and O–H groups in total. The number of fused-ring (bicyclic) bond motifs is 1. The maximum Gasteiger partial charge on any atom is 0.118 e. The van der Waals surface area contributed by atoms with Crippen LogP contribution in [0.2, 0.25) is 0 Å². The van der Waals surface area contributed by atoms with Crippen molar-refractivity contribution in [2.75, 3.05) is 0 Å². The molecule has 112 valence electrons. The highest BCUT2D eigenvalue weighted by Gasteiger charge is 2.42. The maximum atomic E-state index is 4.84. The van der Waals surface area contributed by atoms with Crippen LogP contribution in [0.3, 0.4) is 0 Å². The zero-order chi connectivity index (χ0) is 15.0. The molecule has 0 aliphatic heterocycles. The molecule has 0 radical (unpaired) electrons. The first-order valence-electron chi connectivity index (χ1n) is 7.82. The van der Waals surface area contributed by atoms with E-state index in [1.807, 2.05) is 0 Å². The van der Waals surface area contributed by atoms with E-state index < -0.39 is 0 Å². The van der Waals surface area contributed by atoms with Crippen molar-refractivity contribution in [1.82, 2.24) is 10.3 Å². The van der Waals surface area contributed by atoms with E-state index in [9.17, 15) is 0 Å². The molecule has 1 aliphatic carbocycles. The summed E-state index contributed by atoms with van der Waals surface area (Å²) in [7, 11) is 0. The van der Waals surface area contributed by atoms with Gasteiger partial charge in [-0.05, 0) is 50.7 Å². The maximum absolute atomic E-state index is 4.84. The summed E-state index contributed by atoms with van der Waals surface area (Å²) in [5, 5.41) is 7.23. The molecule has 0 fully saturated rings. The minimum Gasteiger partial charge on any atom is -0.299 e. The van der Waals surface area contributed by atoms with Crippen LogP contribution < -0.4 is 5.32 Å². The molecule has 0 saturated heterocycles. The smallest absolute Gasteiger partial charge is 0.118 e. The molecular weight excluding hydrogens is 276 g/mol. The van der Waals surface area contributed by atoms with Gasteiger partial charge >= 0.3 is 0 Å². The van der Waals surface area contributed by atoms with Gasteiger partial charge in [0.2, 0.25) is 0 Å². The van der Waals surface area contributed by atoms with Crippen molar-refractivity contribution in [2.45, 2.75) is 58.0 Å². The number of thiazole rings is 1. The highest BCUT2D eigenvalue weighted by Crippen LogP contribution is 2.46. The molecule has 0 spiro atoms. The fourth-order valence-electron chi connectivity index (χ4n) is 3.52. The Morgan fingerprint density at radius 2 is 2.10 bits per heavy atom. The van der Waals surface area contributed by atoms with Gasteiger partial charge in [-0.15, -0.1) is 11.3 Å². The van der Waals surface area contributed by atoms with Gasteiger partial charge in [0.15, 0.2) is 0 Å². The van der Waals surface area contributed by atoms with Crippen molar-refractivity contribution in [1.29, 1.82) is 0 Å². The Labute approximate surface area is 131 Å². The second kappa shape index (κ2) is 5.54. The topological polar surface area (TPSA) is 24.9 Å². The predicted octanol–water partition coefficient (Wildman–Crippen LogP) is 4.59. The Hall–Kier alpha value is -1.19. The Morgan fingerprint density at radius 1 is 1.33 bits per heavy atom. The molecule has 0 saturated carbocycles. The van der Waals surface area contributed by atoms with Gasteiger partial charge in [0.05, 0.1) is 5.54 Å². The van der Waals surface area contributed by atoms with Crippen molar-refractivity contribution in [2.24, 2.45) is 0 Å². The Morgan fingerprint density at radius 3 is 2.76 bits per heavy atom. The van der Waals surface area contributed by atoms with Gasteiger partial charge in [-0.2, -0.15) is 0 Å². The van der Waals surface area contributed by atoms with Gasteiger partial charge < -0.3 is 0 Å². The predicted molar refractivity (Wildman–Crippen MR) is 90.0 cm³/mol. The van der Waals surface area contributed by atoms with Crippen molar-refractivity contribution in [3.05, 3.63) is 51.5 Å². The van der Waals surface area contributed by atoms with E-state index in [-0.39, 0.29) is 5.54 Å². The summed E-state index contributed by atoms with van der Waals surface area (Å²) in [6.07, 6.45) is 2.33. The quantitative estimate of drug-likeness (QED) is 0.896. The van der Waals surface area contributed by atoms with E-state index in [0.717, 1.165) is 12.1 Å². The molecule has 1 aromatic heterocycles. The molecule has 2 nitrogen and oxygen atoms in total. The highest BCUT2D eigenvalue weighted by atomic mass is 32.1. The number of nitrogens with one attached hydrogen (secondary N) is 1. The minimum absolute atomic E-state index is 0.115. The van der Waals surface area contributed by atoms with Crippen LogP contribution in [0.15, 0.2) is 29.6 Å². The molecule has 0 amide bonds. The number of hydrogen-bond acceptors (Lipinski definition) is 3. The second-order valence-corrected chi connectivity index (χ2v) is 7.38. The Kier molecular flexibility index (Phi) is 3.89.